The summed E-state index contributed by atoms with van der Waals surface area (Å²) >= 11 is 1.13. The second-order valence-corrected chi connectivity index (χ2v) is 5.10. The number of thioether (sulfide) groups is 1. The fourth-order valence-electron chi connectivity index (χ4n) is 1.66. The standard InChI is InChI=1S/C11H15N5O3S/c1-3-4-8-13-14-11(20-6-10(17)18)16(8)5-9-12-7(2)15-19-9/h3-6H2,1-2H3,(H,17,18). The molecule has 1 N–H and O–H groups in total. The molecular weight excluding hydrogens is 282 g/mol. The van der Waals surface area contributed by atoms with E-state index in [0.29, 0.717) is 23.4 Å². The first kappa shape index (κ1) is 14.5. The molecule has 0 aliphatic carbocycles. The average Bonchev–Trinajstić information content (AvgIpc) is 2.96. The molecule has 2 aromatic rings. The van der Waals surface area contributed by atoms with Gasteiger partial charge in [0.25, 0.3) is 0 Å². The van der Waals surface area contributed by atoms with Crippen molar-refractivity contribution in [1.29, 1.82) is 0 Å². The predicted octanol–water partition coefficient (Wildman–Crippen LogP) is 1.15. The molecule has 0 aliphatic rings. The number of hydrogen-bond donors (Lipinski definition) is 1. The van der Waals surface area contributed by atoms with Crippen LogP contribution < -0.4 is 0 Å². The number of nitrogens with zero attached hydrogens (tertiary/aromatic N) is 5. The zero-order valence-electron chi connectivity index (χ0n) is 11.2. The average molecular weight is 297 g/mol. The number of aryl methyl sites for hydroxylation is 2. The molecule has 0 aliphatic heterocycles. The largest absolute Gasteiger partial charge is 0.481 e. The maximum absolute atomic E-state index is 10.7. The van der Waals surface area contributed by atoms with Gasteiger partial charge in [0.05, 0.1) is 5.75 Å². The third-order valence-electron chi connectivity index (χ3n) is 2.45. The number of aromatic nitrogens is 5. The highest BCUT2D eigenvalue weighted by Crippen LogP contribution is 2.19. The maximum atomic E-state index is 10.7. The first-order chi connectivity index (χ1) is 9.60. The summed E-state index contributed by atoms with van der Waals surface area (Å²) in [5, 5.41) is 21.2. The summed E-state index contributed by atoms with van der Waals surface area (Å²) in [6.07, 6.45) is 1.68. The van der Waals surface area contributed by atoms with Crippen LogP contribution in [0.15, 0.2) is 9.68 Å². The van der Waals surface area contributed by atoms with Crippen molar-refractivity contribution in [2.45, 2.75) is 38.4 Å². The number of carboxylic acid groups (broad SMARTS) is 1. The van der Waals surface area contributed by atoms with E-state index in [-0.39, 0.29) is 5.75 Å². The molecule has 0 radical (unpaired) electrons. The van der Waals surface area contributed by atoms with Gasteiger partial charge in [0.15, 0.2) is 11.0 Å². The fourth-order valence-corrected chi connectivity index (χ4v) is 2.34. The molecule has 2 aromatic heterocycles. The molecule has 2 heterocycles. The van der Waals surface area contributed by atoms with E-state index in [2.05, 4.69) is 20.3 Å². The number of carbonyl (C=O) groups is 1. The SMILES string of the molecule is CCCc1nnc(SCC(=O)O)n1Cc1nc(C)no1. The Balaban J connectivity index is 2.21. The highest BCUT2D eigenvalue weighted by molar-refractivity contribution is 7.99. The van der Waals surface area contributed by atoms with Crippen molar-refractivity contribution < 1.29 is 14.4 Å². The van der Waals surface area contributed by atoms with E-state index in [4.69, 9.17) is 9.63 Å². The fraction of sp³-hybridized carbons (Fsp3) is 0.545. The maximum Gasteiger partial charge on any atom is 0.313 e. The molecule has 0 aromatic carbocycles. The topological polar surface area (TPSA) is 107 Å². The van der Waals surface area contributed by atoms with E-state index in [0.717, 1.165) is 30.4 Å². The molecule has 0 saturated carbocycles. The Hall–Kier alpha value is -1.90. The van der Waals surface area contributed by atoms with Crippen LogP contribution in [-0.2, 0) is 17.8 Å². The minimum absolute atomic E-state index is 0.0624. The smallest absolute Gasteiger partial charge is 0.313 e. The molecule has 0 atom stereocenters. The minimum Gasteiger partial charge on any atom is -0.481 e. The van der Waals surface area contributed by atoms with Gasteiger partial charge in [-0.1, -0.05) is 23.8 Å². The summed E-state index contributed by atoms with van der Waals surface area (Å²) < 4.78 is 6.91. The Kier molecular flexibility index (Phi) is 4.72. The Morgan fingerprint density at radius 1 is 1.45 bits per heavy atom. The van der Waals surface area contributed by atoms with Crippen LogP contribution in [0.3, 0.4) is 0 Å². The van der Waals surface area contributed by atoms with Crippen molar-refractivity contribution >= 4 is 17.7 Å². The number of rotatable bonds is 7. The summed E-state index contributed by atoms with van der Waals surface area (Å²) in [5.74, 6) is 0.848. The zero-order valence-corrected chi connectivity index (χ0v) is 12.1. The normalized spacial score (nSPS) is 10.9. The first-order valence-electron chi connectivity index (χ1n) is 6.16. The summed E-state index contributed by atoms with van der Waals surface area (Å²) in [6.45, 7) is 4.14. The first-order valence-corrected chi connectivity index (χ1v) is 7.14. The van der Waals surface area contributed by atoms with Crippen LogP contribution in [0.1, 0.15) is 30.9 Å². The molecule has 20 heavy (non-hydrogen) atoms. The third kappa shape index (κ3) is 3.56. The van der Waals surface area contributed by atoms with E-state index < -0.39 is 5.97 Å². The minimum atomic E-state index is -0.893. The third-order valence-corrected chi connectivity index (χ3v) is 3.41. The summed E-state index contributed by atoms with van der Waals surface area (Å²) in [6, 6.07) is 0. The van der Waals surface area contributed by atoms with Crippen molar-refractivity contribution in [2.75, 3.05) is 5.75 Å². The lowest BCUT2D eigenvalue weighted by Crippen LogP contribution is -2.08. The Morgan fingerprint density at radius 3 is 2.85 bits per heavy atom. The van der Waals surface area contributed by atoms with E-state index in [1.807, 2.05) is 11.5 Å². The molecule has 2 rings (SSSR count). The number of aliphatic carboxylic acids is 1. The molecule has 0 spiro atoms. The van der Waals surface area contributed by atoms with Crippen molar-refractivity contribution in [2.24, 2.45) is 0 Å². The Bertz CT molecular complexity index is 595. The van der Waals surface area contributed by atoms with Gasteiger partial charge in [0.1, 0.15) is 12.4 Å². The van der Waals surface area contributed by atoms with Gasteiger partial charge >= 0.3 is 5.97 Å². The van der Waals surface area contributed by atoms with Gasteiger partial charge in [-0.3, -0.25) is 9.36 Å². The van der Waals surface area contributed by atoms with Gasteiger partial charge in [-0.25, -0.2) is 0 Å². The van der Waals surface area contributed by atoms with Crippen molar-refractivity contribution in [3.05, 3.63) is 17.5 Å². The van der Waals surface area contributed by atoms with Gasteiger partial charge in [0, 0.05) is 6.42 Å². The lowest BCUT2D eigenvalue weighted by molar-refractivity contribution is -0.133. The summed E-state index contributed by atoms with van der Waals surface area (Å²) in [4.78, 5) is 14.8. The molecule has 0 fully saturated rings. The highest BCUT2D eigenvalue weighted by Gasteiger charge is 2.16. The number of hydrogen-bond acceptors (Lipinski definition) is 7. The molecule has 108 valence electrons. The van der Waals surface area contributed by atoms with Gasteiger partial charge in [-0.2, -0.15) is 4.98 Å². The molecular formula is C11H15N5O3S. The molecule has 0 amide bonds. The molecule has 0 saturated heterocycles. The Labute approximate surface area is 119 Å². The Morgan fingerprint density at radius 2 is 2.25 bits per heavy atom. The quantitative estimate of drug-likeness (QED) is 0.758. The highest BCUT2D eigenvalue weighted by atomic mass is 32.2. The van der Waals surface area contributed by atoms with Crippen LogP contribution in [0.2, 0.25) is 0 Å². The van der Waals surface area contributed by atoms with Crippen molar-refractivity contribution in [1.82, 2.24) is 24.9 Å². The monoisotopic (exact) mass is 297 g/mol. The molecule has 9 heteroatoms. The van der Waals surface area contributed by atoms with Crippen LogP contribution >= 0.6 is 11.8 Å². The number of carboxylic acids is 1. The second-order valence-electron chi connectivity index (χ2n) is 4.15. The lowest BCUT2D eigenvalue weighted by Gasteiger charge is -2.06. The predicted molar refractivity (Wildman–Crippen MR) is 70.5 cm³/mol. The summed E-state index contributed by atoms with van der Waals surface area (Å²) in [7, 11) is 0. The second kappa shape index (κ2) is 6.51. The van der Waals surface area contributed by atoms with Crippen LogP contribution in [-0.4, -0.2) is 41.7 Å². The van der Waals surface area contributed by atoms with Gasteiger partial charge < -0.3 is 9.63 Å². The van der Waals surface area contributed by atoms with Gasteiger partial charge in [-0.05, 0) is 13.3 Å². The molecule has 0 unspecified atom stereocenters. The van der Waals surface area contributed by atoms with E-state index >= 15 is 0 Å². The van der Waals surface area contributed by atoms with Crippen LogP contribution in [0.5, 0.6) is 0 Å². The molecule has 8 nitrogen and oxygen atoms in total. The summed E-state index contributed by atoms with van der Waals surface area (Å²) in [5.41, 5.74) is 0. The van der Waals surface area contributed by atoms with Crippen LogP contribution in [0.25, 0.3) is 0 Å². The van der Waals surface area contributed by atoms with Crippen LogP contribution in [0, 0.1) is 6.92 Å². The van der Waals surface area contributed by atoms with E-state index in [1.165, 1.54) is 0 Å². The van der Waals surface area contributed by atoms with Crippen molar-refractivity contribution in [3.8, 4) is 0 Å². The van der Waals surface area contributed by atoms with E-state index in [1.54, 1.807) is 6.92 Å². The zero-order chi connectivity index (χ0) is 14.5. The van der Waals surface area contributed by atoms with Crippen molar-refractivity contribution in [3.63, 3.8) is 0 Å². The lowest BCUT2D eigenvalue weighted by atomic mass is 10.3. The van der Waals surface area contributed by atoms with Crippen LogP contribution in [0.4, 0.5) is 0 Å². The molecule has 0 bridgehead atoms. The van der Waals surface area contributed by atoms with Gasteiger partial charge in [0.2, 0.25) is 5.89 Å². The van der Waals surface area contributed by atoms with Gasteiger partial charge in [-0.15, -0.1) is 10.2 Å². The van der Waals surface area contributed by atoms with E-state index in [9.17, 15) is 4.79 Å².